The summed E-state index contributed by atoms with van der Waals surface area (Å²) in [5.41, 5.74) is 0. The first-order chi connectivity index (χ1) is 12.7. The third kappa shape index (κ3) is 5.84. The molecule has 0 aromatic carbocycles. The van der Waals surface area contributed by atoms with Crippen molar-refractivity contribution in [3.63, 3.8) is 0 Å². The Hall–Kier alpha value is -1.29. The van der Waals surface area contributed by atoms with Crippen molar-refractivity contribution in [3.8, 4) is 0 Å². The first-order valence-corrected chi connectivity index (χ1v) is 9.67. The number of hydrogen-bond donors (Lipinski definition) is 1. The van der Waals surface area contributed by atoms with E-state index in [2.05, 4.69) is 27.2 Å². The van der Waals surface area contributed by atoms with Gasteiger partial charge in [-0.15, -0.1) is 24.0 Å². The van der Waals surface area contributed by atoms with Crippen LogP contribution >= 0.6 is 24.0 Å². The van der Waals surface area contributed by atoms with Crippen LogP contribution in [0, 0.1) is 0 Å². The van der Waals surface area contributed by atoms with E-state index in [1.54, 1.807) is 12.1 Å². The number of likely N-dealkylation sites (N-methyl/N-ethyl adjacent to an activating group) is 1. The van der Waals surface area contributed by atoms with Crippen LogP contribution in [0.1, 0.15) is 36.2 Å². The van der Waals surface area contributed by atoms with Crippen LogP contribution < -0.4 is 5.32 Å². The van der Waals surface area contributed by atoms with Crippen molar-refractivity contribution < 1.29 is 9.21 Å². The molecule has 3 rings (SSSR count). The number of piperazine rings is 1. The molecule has 1 aliphatic heterocycles. The first-order valence-electron chi connectivity index (χ1n) is 9.67. The highest BCUT2D eigenvalue weighted by atomic mass is 127. The standard InChI is InChI=1S/C19H31N5O2.HI/c1-20-19(21-9-10-22(2)16-6-3-4-7-16)24-13-11-23(12-14-24)18(25)17-8-5-15-26-17;/h5,8,15-16H,3-4,6-7,9-14H2,1-2H3,(H,20,21);1H. The normalized spacial score (nSPS) is 18.7. The average molecular weight is 489 g/mol. The number of halogens is 1. The molecule has 0 radical (unpaired) electrons. The summed E-state index contributed by atoms with van der Waals surface area (Å²) < 4.78 is 5.22. The molecular weight excluding hydrogens is 457 g/mol. The average Bonchev–Trinajstić information content (AvgIpc) is 3.39. The molecule has 1 N–H and O–H groups in total. The van der Waals surface area contributed by atoms with Gasteiger partial charge in [-0.25, -0.2) is 0 Å². The van der Waals surface area contributed by atoms with Gasteiger partial charge in [-0.1, -0.05) is 12.8 Å². The topological polar surface area (TPSA) is 64.3 Å². The Morgan fingerprint density at radius 2 is 1.93 bits per heavy atom. The summed E-state index contributed by atoms with van der Waals surface area (Å²) in [5, 5.41) is 3.48. The number of rotatable bonds is 5. The fourth-order valence-electron chi connectivity index (χ4n) is 3.88. The van der Waals surface area contributed by atoms with Crippen LogP contribution in [0.25, 0.3) is 0 Å². The minimum Gasteiger partial charge on any atom is -0.459 e. The lowest BCUT2D eigenvalue weighted by Crippen LogP contribution is -2.54. The zero-order valence-corrected chi connectivity index (χ0v) is 18.7. The number of carbonyl (C=O) groups excluding carboxylic acids is 1. The zero-order chi connectivity index (χ0) is 18.4. The second-order valence-corrected chi connectivity index (χ2v) is 7.15. The minimum absolute atomic E-state index is 0. The van der Waals surface area contributed by atoms with Crippen LogP contribution in [0.3, 0.4) is 0 Å². The molecule has 1 amide bonds. The molecule has 1 saturated carbocycles. The molecule has 0 bridgehead atoms. The van der Waals surface area contributed by atoms with E-state index < -0.39 is 0 Å². The van der Waals surface area contributed by atoms with E-state index in [0.29, 0.717) is 18.8 Å². The SMILES string of the molecule is CN=C(NCCN(C)C1CCCC1)N1CCN(C(=O)c2ccco2)CC1.I. The molecule has 2 heterocycles. The van der Waals surface area contributed by atoms with E-state index in [1.807, 2.05) is 11.9 Å². The van der Waals surface area contributed by atoms with Gasteiger partial charge >= 0.3 is 0 Å². The lowest BCUT2D eigenvalue weighted by atomic mass is 10.2. The summed E-state index contributed by atoms with van der Waals surface area (Å²) in [7, 11) is 4.04. The summed E-state index contributed by atoms with van der Waals surface area (Å²) in [6, 6.07) is 4.21. The largest absolute Gasteiger partial charge is 0.459 e. The molecule has 0 spiro atoms. The zero-order valence-electron chi connectivity index (χ0n) is 16.4. The molecule has 0 atom stereocenters. The van der Waals surface area contributed by atoms with Gasteiger partial charge in [0.15, 0.2) is 11.7 Å². The molecule has 27 heavy (non-hydrogen) atoms. The Bertz CT molecular complexity index is 593. The number of hydrogen-bond acceptors (Lipinski definition) is 4. The van der Waals surface area contributed by atoms with Crippen molar-refractivity contribution in [2.24, 2.45) is 4.99 Å². The molecule has 8 heteroatoms. The number of nitrogens with one attached hydrogen (secondary N) is 1. The van der Waals surface area contributed by atoms with Gasteiger partial charge in [-0.3, -0.25) is 9.79 Å². The van der Waals surface area contributed by atoms with Crippen molar-refractivity contribution in [1.29, 1.82) is 0 Å². The van der Waals surface area contributed by atoms with Crippen molar-refractivity contribution >= 4 is 35.8 Å². The number of carbonyl (C=O) groups is 1. The van der Waals surface area contributed by atoms with Gasteiger partial charge in [0.25, 0.3) is 5.91 Å². The molecule has 152 valence electrons. The molecular formula is C19H32IN5O2. The number of aliphatic imine (C=N–C) groups is 1. The van der Waals surface area contributed by atoms with Crippen LogP contribution in [-0.4, -0.2) is 86.0 Å². The quantitative estimate of drug-likeness (QED) is 0.390. The van der Waals surface area contributed by atoms with Crippen molar-refractivity contribution in [3.05, 3.63) is 24.2 Å². The number of furan rings is 1. The highest BCUT2D eigenvalue weighted by Gasteiger charge is 2.25. The Labute approximate surface area is 179 Å². The maximum absolute atomic E-state index is 12.3. The van der Waals surface area contributed by atoms with E-state index in [-0.39, 0.29) is 29.9 Å². The number of guanidine groups is 1. The fourth-order valence-corrected chi connectivity index (χ4v) is 3.88. The summed E-state index contributed by atoms with van der Waals surface area (Å²) >= 11 is 0. The van der Waals surface area contributed by atoms with Crippen LogP contribution in [0.2, 0.25) is 0 Å². The molecule has 7 nitrogen and oxygen atoms in total. The Morgan fingerprint density at radius 1 is 1.26 bits per heavy atom. The second kappa shape index (κ2) is 10.9. The lowest BCUT2D eigenvalue weighted by Gasteiger charge is -2.36. The highest BCUT2D eigenvalue weighted by Crippen LogP contribution is 2.21. The third-order valence-electron chi connectivity index (χ3n) is 5.51. The van der Waals surface area contributed by atoms with Gasteiger partial charge in [-0.05, 0) is 32.0 Å². The van der Waals surface area contributed by atoms with Gasteiger partial charge in [0.2, 0.25) is 0 Å². The third-order valence-corrected chi connectivity index (χ3v) is 5.51. The van der Waals surface area contributed by atoms with Crippen LogP contribution in [0.15, 0.2) is 27.8 Å². The smallest absolute Gasteiger partial charge is 0.289 e. The molecule has 0 unspecified atom stereocenters. The van der Waals surface area contributed by atoms with Crippen molar-refractivity contribution in [2.45, 2.75) is 31.7 Å². The van der Waals surface area contributed by atoms with Gasteiger partial charge < -0.3 is 24.4 Å². The summed E-state index contributed by atoms with van der Waals surface area (Å²) in [6.07, 6.45) is 6.93. The molecule has 1 aliphatic carbocycles. The maximum atomic E-state index is 12.3. The van der Waals surface area contributed by atoms with Gasteiger partial charge in [0.1, 0.15) is 0 Å². The minimum atomic E-state index is -0.0317. The second-order valence-electron chi connectivity index (χ2n) is 7.15. The summed E-state index contributed by atoms with van der Waals surface area (Å²) in [6.45, 7) is 4.85. The summed E-state index contributed by atoms with van der Waals surface area (Å²) in [4.78, 5) is 23.3. The Morgan fingerprint density at radius 3 is 2.52 bits per heavy atom. The molecule has 1 aromatic rings. The fraction of sp³-hybridized carbons (Fsp3) is 0.684. The van der Waals surface area contributed by atoms with Crippen LogP contribution in [-0.2, 0) is 0 Å². The van der Waals surface area contributed by atoms with E-state index in [0.717, 1.165) is 38.2 Å². The van der Waals surface area contributed by atoms with E-state index in [4.69, 9.17) is 4.42 Å². The van der Waals surface area contributed by atoms with Crippen molar-refractivity contribution in [1.82, 2.24) is 20.0 Å². The van der Waals surface area contributed by atoms with E-state index in [9.17, 15) is 4.79 Å². The maximum Gasteiger partial charge on any atom is 0.289 e. The van der Waals surface area contributed by atoms with Crippen molar-refractivity contribution in [2.75, 3.05) is 53.4 Å². The predicted octanol–water partition coefficient (Wildman–Crippen LogP) is 2.11. The van der Waals surface area contributed by atoms with Gasteiger partial charge in [0.05, 0.1) is 6.26 Å². The molecule has 1 aromatic heterocycles. The monoisotopic (exact) mass is 489 g/mol. The van der Waals surface area contributed by atoms with E-state index in [1.165, 1.54) is 31.9 Å². The molecule has 2 fully saturated rings. The van der Waals surface area contributed by atoms with Crippen LogP contribution in [0.4, 0.5) is 0 Å². The Kier molecular flexibility index (Phi) is 8.88. The lowest BCUT2D eigenvalue weighted by molar-refractivity contribution is 0.0657. The van der Waals surface area contributed by atoms with Gasteiger partial charge in [0, 0.05) is 52.4 Å². The molecule has 2 aliphatic rings. The number of amides is 1. The Balaban J connectivity index is 0.00000261. The van der Waals surface area contributed by atoms with Gasteiger partial charge in [-0.2, -0.15) is 0 Å². The summed E-state index contributed by atoms with van der Waals surface area (Å²) in [5.74, 6) is 1.31. The highest BCUT2D eigenvalue weighted by molar-refractivity contribution is 14.0. The van der Waals surface area contributed by atoms with E-state index >= 15 is 0 Å². The van der Waals surface area contributed by atoms with Crippen LogP contribution in [0.5, 0.6) is 0 Å². The number of nitrogens with zero attached hydrogens (tertiary/aromatic N) is 4. The first kappa shape index (κ1) is 22.0. The molecule has 1 saturated heterocycles. The predicted molar refractivity (Wildman–Crippen MR) is 118 cm³/mol.